The quantitative estimate of drug-likeness (QED) is 0.873. The number of rotatable bonds is 5. The fraction of sp³-hybridized carbons (Fsp3) is 0.643. The molecule has 0 saturated carbocycles. The largest absolute Gasteiger partial charge is 0.468 e. The molecule has 0 aliphatic carbocycles. The summed E-state index contributed by atoms with van der Waals surface area (Å²) in [5.41, 5.74) is 0. The highest BCUT2D eigenvalue weighted by atomic mass is 32.2. The Kier molecular flexibility index (Phi) is 5.79. The molecule has 1 saturated heterocycles. The first-order valence-corrected chi connectivity index (χ1v) is 8.22. The molecule has 0 bridgehead atoms. The third-order valence-corrected chi connectivity index (χ3v) is 4.18. The summed E-state index contributed by atoms with van der Waals surface area (Å²) < 4.78 is 5.54. The topological polar surface area (TPSA) is 57.5 Å². The molecule has 20 heavy (non-hydrogen) atoms. The smallest absolute Gasteiger partial charge is 0.315 e. The first-order valence-electron chi connectivity index (χ1n) is 7.06. The summed E-state index contributed by atoms with van der Waals surface area (Å²) >= 11 is 1.97. The van der Waals surface area contributed by atoms with Crippen LogP contribution in [-0.2, 0) is 0 Å². The summed E-state index contributed by atoms with van der Waals surface area (Å²) in [5, 5.41) is 5.78. The minimum Gasteiger partial charge on any atom is -0.468 e. The fourth-order valence-corrected chi connectivity index (χ4v) is 3.21. The monoisotopic (exact) mass is 297 g/mol. The van der Waals surface area contributed by atoms with Gasteiger partial charge < -0.3 is 15.1 Å². The highest BCUT2D eigenvalue weighted by Gasteiger charge is 2.25. The molecule has 1 atom stereocenters. The molecular formula is C14H23N3O2S. The molecular weight excluding hydrogens is 274 g/mol. The Hall–Kier alpha value is -1.14. The third-order valence-electron chi connectivity index (χ3n) is 3.23. The Bertz CT molecular complexity index is 403. The van der Waals surface area contributed by atoms with E-state index in [-0.39, 0.29) is 18.1 Å². The Morgan fingerprint density at radius 1 is 1.45 bits per heavy atom. The lowest BCUT2D eigenvalue weighted by atomic mass is 10.2. The van der Waals surface area contributed by atoms with Crippen molar-refractivity contribution in [2.45, 2.75) is 25.9 Å². The van der Waals surface area contributed by atoms with Gasteiger partial charge in [-0.3, -0.25) is 4.90 Å². The zero-order chi connectivity index (χ0) is 14.4. The minimum atomic E-state index is -0.122. The van der Waals surface area contributed by atoms with Gasteiger partial charge in [0, 0.05) is 37.2 Å². The molecule has 6 heteroatoms. The van der Waals surface area contributed by atoms with Crippen LogP contribution in [0, 0.1) is 0 Å². The van der Waals surface area contributed by atoms with Gasteiger partial charge in [0.05, 0.1) is 12.3 Å². The van der Waals surface area contributed by atoms with E-state index in [4.69, 9.17) is 4.42 Å². The molecule has 1 aliphatic rings. The van der Waals surface area contributed by atoms with E-state index in [1.165, 1.54) is 0 Å². The van der Waals surface area contributed by atoms with Crippen LogP contribution in [0.2, 0.25) is 0 Å². The van der Waals surface area contributed by atoms with E-state index in [0.29, 0.717) is 6.54 Å². The SMILES string of the molecule is CC(C)NC(=O)NC[C@H](c1ccco1)N1CCSCC1. The average molecular weight is 297 g/mol. The molecule has 0 aromatic carbocycles. The molecule has 1 aromatic rings. The first-order chi connectivity index (χ1) is 9.66. The molecule has 0 spiro atoms. The van der Waals surface area contributed by atoms with Gasteiger partial charge in [0.2, 0.25) is 0 Å². The number of carbonyl (C=O) groups excluding carboxylic acids is 1. The van der Waals surface area contributed by atoms with Crippen LogP contribution in [0.3, 0.4) is 0 Å². The van der Waals surface area contributed by atoms with E-state index >= 15 is 0 Å². The van der Waals surface area contributed by atoms with Gasteiger partial charge in [-0.1, -0.05) is 0 Å². The Balaban J connectivity index is 1.94. The maximum atomic E-state index is 11.7. The number of furan rings is 1. The van der Waals surface area contributed by atoms with Gasteiger partial charge in [0.1, 0.15) is 5.76 Å². The van der Waals surface area contributed by atoms with E-state index in [9.17, 15) is 4.79 Å². The first kappa shape index (κ1) is 15.3. The molecule has 0 radical (unpaired) electrons. The number of hydrogen-bond donors (Lipinski definition) is 2. The molecule has 2 heterocycles. The summed E-state index contributed by atoms with van der Waals surface area (Å²) in [6.07, 6.45) is 1.69. The summed E-state index contributed by atoms with van der Waals surface area (Å²) in [5.74, 6) is 3.19. The van der Waals surface area contributed by atoms with Gasteiger partial charge >= 0.3 is 6.03 Å². The lowest BCUT2D eigenvalue weighted by Crippen LogP contribution is -2.45. The van der Waals surface area contributed by atoms with Crippen LogP contribution < -0.4 is 10.6 Å². The van der Waals surface area contributed by atoms with Gasteiger partial charge in [-0.15, -0.1) is 0 Å². The Labute approximate surface area is 124 Å². The molecule has 1 fully saturated rings. The van der Waals surface area contributed by atoms with Crippen molar-refractivity contribution >= 4 is 17.8 Å². The second-order valence-electron chi connectivity index (χ2n) is 5.19. The van der Waals surface area contributed by atoms with Gasteiger partial charge in [-0.05, 0) is 26.0 Å². The van der Waals surface area contributed by atoms with Crippen molar-refractivity contribution in [3.05, 3.63) is 24.2 Å². The van der Waals surface area contributed by atoms with Crippen LogP contribution in [0.15, 0.2) is 22.8 Å². The number of nitrogens with zero attached hydrogens (tertiary/aromatic N) is 1. The van der Waals surface area contributed by atoms with Crippen LogP contribution in [0.4, 0.5) is 4.79 Å². The number of urea groups is 1. The van der Waals surface area contributed by atoms with Crippen LogP contribution in [-0.4, -0.2) is 48.1 Å². The number of hydrogen-bond acceptors (Lipinski definition) is 4. The third kappa shape index (κ3) is 4.45. The summed E-state index contributed by atoms with van der Waals surface area (Å²) in [6, 6.07) is 4.01. The van der Waals surface area contributed by atoms with Crippen molar-refractivity contribution in [3.8, 4) is 0 Å². The van der Waals surface area contributed by atoms with Crippen LogP contribution in [0.1, 0.15) is 25.6 Å². The van der Waals surface area contributed by atoms with E-state index in [0.717, 1.165) is 30.4 Å². The van der Waals surface area contributed by atoms with E-state index in [2.05, 4.69) is 15.5 Å². The van der Waals surface area contributed by atoms with Crippen LogP contribution >= 0.6 is 11.8 Å². The molecule has 1 aromatic heterocycles. The second kappa shape index (κ2) is 7.59. The fourth-order valence-electron chi connectivity index (χ4n) is 2.28. The minimum absolute atomic E-state index is 0.115. The predicted molar refractivity (Wildman–Crippen MR) is 82.0 cm³/mol. The average Bonchev–Trinajstić information content (AvgIpc) is 2.93. The highest BCUT2D eigenvalue weighted by molar-refractivity contribution is 7.99. The molecule has 112 valence electrons. The van der Waals surface area contributed by atoms with Gasteiger partial charge in [0.25, 0.3) is 0 Å². The van der Waals surface area contributed by atoms with Crippen molar-refractivity contribution < 1.29 is 9.21 Å². The van der Waals surface area contributed by atoms with Crippen LogP contribution in [0.5, 0.6) is 0 Å². The van der Waals surface area contributed by atoms with E-state index < -0.39 is 0 Å². The second-order valence-corrected chi connectivity index (χ2v) is 6.41. The number of nitrogens with one attached hydrogen (secondary N) is 2. The maximum absolute atomic E-state index is 11.7. The molecule has 2 amide bonds. The summed E-state index contributed by atoms with van der Waals surface area (Å²) in [4.78, 5) is 14.1. The van der Waals surface area contributed by atoms with E-state index in [1.807, 2.05) is 37.7 Å². The zero-order valence-electron chi connectivity index (χ0n) is 12.1. The van der Waals surface area contributed by atoms with Gasteiger partial charge in [0.15, 0.2) is 0 Å². The lowest BCUT2D eigenvalue weighted by Gasteiger charge is -2.33. The maximum Gasteiger partial charge on any atom is 0.315 e. The lowest BCUT2D eigenvalue weighted by molar-refractivity contribution is 0.185. The Morgan fingerprint density at radius 2 is 2.20 bits per heavy atom. The normalized spacial score (nSPS) is 17.9. The van der Waals surface area contributed by atoms with E-state index in [1.54, 1.807) is 6.26 Å². The van der Waals surface area contributed by atoms with Crippen LogP contribution in [0.25, 0.3) is 0 Å². The zero-order valence-corrected chi connectivity index (χ0v) is 12.9. The highest BCUT2D eigenvalue weighted by Crippen LogP contribution is 2.24. The number of thioether (sulfide) groups is 1. The van der Waals surface area contributed by atoms with Gasteiger partial charge in [-0.25, -0.2) is 4.79 Å². The van der Waals surface area contributed by atoms with Crippen molar-refractivity contribution in [2.24, 2.45) is 0 Å². The van der Waals surface area contributed by atoms with Gasteiger partial charge in [-0.2, -0.15) is 11.8 Å². The van der Waals surface area contributed by atoms with Crippen molar-refractivity contribution in [3.63, 3.8) is 0 Å². The predicted octanol–water partition coefficient (Wildman–Crippen LogP) is 2.08. The summed E-state index contributed by atoms with van der Waals surface area (Å²) in [6.45, 7) is 6.53. The van der Waals surface area contributed by atoms with Crippen molar-refractivity contribution in [1.29, 1.82) is 0 Å². The molecule has 2 N–H and O–H groups in total. The molecule has 0 unspecified atom stereocenters. The number of carbonyl (C=O) groups is 1. The number of amides is 2. The van der Waals surface area contributed by atoms with Crippen molar-refractivity contribution in [2.75, 3.05) is 31.1 Å². The Morgan fingerprint density at radius 3 is 2.80 bits per heavy atom. The molecule has 5 nitrogen and oxygen atoms in total. The van der Waals surface area contributed by atoms with Crippen molar-refractivity contribution in [1.82, 2.24) is 15.5 Å². The molecule has 2 rings (SSSR count). The standard InChI is InChI=1S/C14H23N3O2S/c1-11(2)16-14(18)15-10-12(13-4-3-7-19-13)17-5-8-20-9-6-17/h3-4,7,11-12H,5-6,8-10H2,1-2H3,(H2,15,16,18)/t12-/m1/s1. The summed E-state index contributed by atoms with van der Waals surface area (Å²) in [7, 11) is 0. The molecule has 1 aliphatic heterocycles.